The average Bonchev–Trinajstić information content (AvgIpc) is 3.19. The van der Waals surface area contributed by atoms with Crippen LogP contribution in [-0.2, 0) is 17.5 Å². The first-order chi connectivity index (χ1) is 12.9. The summed E-state index contributed by atoms with van der Waals surface area (Å²) < 4.78 is 44.4. The first-order valence-electron chi connectivity index (χ1n) is 7.85. The second-order valence-corrected chi connectivity index (χ2v) is 6.39. The molecule has 0 spiro atoms. The van der Waals surface area contributed by atoms with E-state index in [2.05, 4.69) is 15.3 Å². The third-order valence-electron chi connectivity index (χ3n) is 3.43. The minimum atomic E-state index is -4.63. The number of furan rings is 1. The minimum absolute atomic E-state index is 0.00881. The van der Waals surface area contributed by atoms with E-state index in [0.717, 1.165) is 23.4 Å². The van der Waals surface area contributed by atoms with Gasteiger partial charge in [-0.15, -0.1) is 0 Å². The fourth-order valence-electron chi connectivity index (χ4n) is 2.16. The Hall–Kier alpha value is -2.81. The summed E-state index contributed by atoms with van der Waals surface area (Å²) in [4.78, 5) is 19.5. The number of amides is 1. The maximum absolute atomic E-state index is 13.1. The fourth-order valence-corrected chi connectivity index (χ4v) is 2.85. The zero-order valence-electron chi connectivity index (χ0n) is 13.9. The minimum Gasteiger partial charge on any atom is -0.463 e. The number of rotatable bonds is 6. The Kier molecular flexibility index (Phi) is 5.80. The van der Waals surface area contributed by atoms with Crippen LogP contribution in [0.15, 0.2) is 64.4 Å². The van der Waals surface area contributed by atoms with Gasteiger partial charge >= 0.3 is 6.18 Å². The highest BCUT2D eigenvalue weighted by Crippen LogP contribution is 2.32. The number of carbonyl (C=O) groups excluding carboxylic acids is 1. The molecule has 2 aromatic heterocycles. The molecule has 0 saturated heterocycles. The molecule has 0 aliphatic heterocycles. The van der Waals surface area contributed by atoms with Gasteiger partial charge in [-0.1, -0.05) is 42.1 Å². The standard InChI is InChI=1S/C18H14F3N3O2S/c19-18(20,21)15-9-13(14-7-4-8-26-14)23-17(24-15)27-11-16(25)22-10-12-5-2-1-3-6-12/h1-9H,10-11H2,(H,22,25). The summed E-state index contributed by atoms with van der Waals surface area (Å²) >= 11 is 0.829. The van der Waals surface area contributed by atoms with E-state index in [-0.39, 0.29) is 28.3 Å². The van der Waals surface area contributed by atoms with E-state index in [1.54, 1.807) is 6.07 Å². The van der Waals surface area contributed by atoms with Crippen LogP contribution >= 0.6 is 11.8 Å². The van der Waals surface area contributed by atoms with Gasteiger partial charge in [-0.25, -0.2) is 9.97 Å². The summed E-state index contributed by atoms with van der Waals surface area (Å²) in [6.07, 6.45) is -3.29. The van der Waals surface area contributed by atoms with Gasteiger partial charge in [0.1, 0.15) is 11.4 Å². The number of hydrogen-bond donors (Lipinski definition) is 1. The highest BCUT2D eigenvalue weighted by molar-refractivity contribution is 7.99. The maximum Gasteiger partial charge on any atom is 0.433 e. The smallest absolute Gasteiger partial charge is 0.433 e. The highest BCUT2D eigenvalue weighted by atomic mass is 32.2. The van der Waals surface area contributed by atoms with Crippen LogP contribution in [0, 0.1) is 0 Å². The van der Waals surface area contributed by atoms with Crippen molar-refractivity contribution in [3.05, 3.63) is 66.1 Å². The molecule has 0 aliphatic rings. The molecule has 0 aliphatic carbocycles. The first kappa shape index (κ1) is 19.0. The molecule has 0 unspecified atom stereocenters. The lowest BCUT2D eigenvalue weighted by Crippen LogP contribution is -2.24. The average molecular weight is 393 g/mol. The molecule has 9 heteroatoms. The molecule has 0 saturated carbocycles. The van der Waals surface area contributed by atoms with Crippen molar-refractivity contribution in [3.63, 3.8) is 0 Å². The summed E-state index contributed by atoms with van der Waals surface area (Å²) in [5, 5.41) is 2.55. The molecule has 27 heavy (non-hydrogen) atoms. The third-order valence-corrected chi connectivity index (χ3v) is 4.28. The van der Waals surface area contributed by atoms with E-state index in [9.17, 15) is 18.0 Å². The molecule has 0 fully saturated rings. The molecule has 2 heterocycles. The van der Waals surface area contributed by atoms with Gasteiger partial charge < -0.3 is 9.73 Å². The molecular formula is C18H14F3N3O2S. The van der Waals surface area contributed by atoms with Crippen LogP contribution in [0.4, 0.5) is 13.2 Å². The molecule has 3 aromatic rings. The van der Waals surface area contributed by atoms with Crippen molar-refractivity contribution in [3.8, 4) is 11.5 Å². The molecule has 3 rings (SSSR count). The number of aromatic nitrogens is 2. The van der Waals surface area contributed by atoms with E-state index in [1.165, 1.54) is 12.3 Å². The molecular weight excluding hydrogens is 379 g/mol. The Bertz CT molecular complexity index is 900. The summed E-state index contributed by atoms with van der Waals surface area (Å²) in [7, 11) is 0. The predicted octanol–water partition coefficient (Wildman–Crippen LogP) is 4.16. The van der Waals surface area contributed by atoms with Crippen molar-refractivity contribution >= 4 is 17.7 Å². The van der Waals surface area contributed by atoms with Gasteiger partial charge in [-0.2, -0.15) is 13.2 Å². The van der Waals surface area contributed by atoms with Crippen molar-refractivity contribution in [2.24, 2.45) is 0 Å². The van der Waals surface area contributed by atoms with E-state index in [0.29, 0.717) is 6.54 Å². The van der Waals surface area contributed by atoms with Crippen molar-refractivity contribution in [1.82, 2.24) is 15.3 Å². The van der Waals surface area contributed by atoms with Crippen molar-refractivity contribution in [2.45, 2.75) is 17.9 Å². The Balaban J connectivity index is 1.68. The van der Waals surface area contributed by atoms with E-state index in [1.807, 2.05) is 30.3 Å². The SMILES string of the molecule is O=C(CSc1nc(-c2ccco2)cc(C(F)(F)F)n1)NCc1ccccc1. The van der Waals surface area contributed by atoms with Gasteiger partial charge in [0.2, 0.25) is 5.91 Å². The van der Waals surface area contributed by atoms with Crippen LogP contribution in [-0.4, -0.2) is 21.6 Å². The van der Waals surface area contributed by atoms with Gasteiger partial charge in [0.15, 0.2) is 10.9 Å². The van der Waals surface area contributed by atoms with E-state index in [4.69, 9.17) is 4.42 Å². The summed E-state index contributed by atoms with van der Waals surface area (Å²) in [5.74, 6) is -0.242. The van der Waals surface area contributed by atoms with Gasteiger partial charge in [-0.05, 0) is 23.8 Å². The second kappa shape index (κ2) is 8.26. The number of nitrogens with one attached hydrogen (secondary N) is 1. The normalized spacial score (nSPS) is 11.4. The molecule has 1 amide bonds. The Morgan fingerprint density at radius 2 is 1.89 bits per heavy atom. The largest absolute Gasteiger partial charge is 0.463 e. The summed E-state index contributed by atoms with van der Waals surface area (Å²) in [6.45, 7) is 0.335. The molecule has 5 nitrogen and oxygen atoms in total. The molecule has 0 atom stereocenters. The van der Waals surface area contributed by atoms with Gasteiger partial charge in [-0.3, -0.25) is 4.79 Å². The van der Waals surface area contributed by atoms with Crippen molar-refractivity contribution < 1.29 is 22.4 Å². The predicted molar refractivity (Wildman–Crippen MR) is 93.7 cm³/mol. The Morgan fingerprint density at radius 1 is 1.11 bits per heavy atom. The van der Waals surface area contributed by atoms with Crippen LogP contribution in [0.25, 0.3) is 11.5 Å². The number of thioether (sulfide) groups is 1. The fraction of sp³-hybridized carbons (Fsp3) is 0.167. The molecule has 1 N–H and O–H groups in total. The quantitative estimate of drug-likeness (QED) is 0.503. The van der Waals surface area contributed by atoms with Crippen molar-refractivity contribution in [1.29, 1.82) is 0 Å². The molecule has 140 valence electrons. The maximum atomic E-state index is 13.1. The number of benzene rings is 1. The summed E-state index contributed by atoms with van der Waals surface area (Å²) in [6, 6.07) is 13.2. The van der Waals surface area contributed by atoms with Crippen LogP contribution in [0.5, 0.6) is 0 Å². The Morgan fingerprint density at radius 3 is 2.56 bits per heavy atom. The van der Waals surface area contributed by atoms with Gasteiger partial charge in [0.25, 0.3) is 0 Å². The zero-order chi connectivity index (χ0) is 19.3. The molecule has 0 radical (unpaired) electrons. The van der Waals surface area contributed by atoms with E-state index < -0.39 is 11.9 Å². The van der Waals surface area contributed by atoms with Gasteiger partial charge in [0.05, 0.1) is 12.0 Å². The summed E-state index contributed by atoms with van der Waals surface area (Å²) in [5.41, 5.74) is -0.156. The number of alkyl halides is 3. The number of carbonyl (C=O) groups is 1. The topological polar surface area (TPSA) is 68.0 Å². The monoisotopic (exact) mass is 393 g/mol. The Labute approximate surface area is 157 Å². The van der Waals surface area contributed by atoms with Crippen LogP contribution in [0.1, 0.15) is 11.3 Å². The van der Waals surface area contributed by atoms with E-state index >= 15 is 0 Å². The number of halogens is 3. The number of hydrogen-bond acceptors (Lipinski definition) is 5. The molecule has 0 bridgehead atoms. The third kappa shape index (κ3) is 5.33. The zero-order valence-corrected chi connectivity index (χ0v) is 14.7. The first-order valence-corrected chi connectivity index (χ1v) is 8.84. The van der Waals surface area contributed by atoms with Crippen molar-refractivity contribution in [2.75, 3.05) is 5.75 Å². The van der Waals surface area contributed by atoms with Crippen LogP contribution < -0.4 is 5.32 Å². The van der Waals surface area contributed by atoms with Crippen LogP contribution in [0.3, 0.4) is 0 Å². The lowest BCUT2D eigenvalue weighted by molar-refractivity contribution is -0.141. The number of nitrogens with zero attached hydrogens (tertiary/aromatic N) is 2. The highest BCUT2D eigenvalue weighted by Gasteiger charge is 2.34. The van der Waals surface area contributed by atoms with Crippen LogP contribution in [0.2, 0.25) is 0 Å². The lowest BCUT2D eigenvalue weighted by Gasteiger charge is -2.09. The lowest BCUT2D eigenvalue weighted by atomic mass is 10.2. The van der Waals surface area contributed by atoms with Gasteiger partial charge in [0, 0.05) is 6.54 Å². The molecule has 1 aromatic carbocycles. The second-order valence-electron chi connectivity index (χ2n) is 5.45.